The lowest BCUT2D eigenvalue weighted by Crippen LogP contribution is -2.07. The summed E-state index contributed by atoms with van der Waals surface area (Å²) < 4.78 is 0. The van der Waals surface area contributed by atoms with Gasteiger partial charge in [0.2, 0.25) is 5.96 Å². The first-order valence-corrected chi connectivity index (χ1v) is 8.37. The maximum atomic E-state index is 5.85. The first-order valence-electron chi connectivity index (χ1n) is 8.37. The maximum absolute atomic E-state index is 5.85. The van der Waals surface area contributed by atoms with Crippen molar-refractivity contribution in [2.45, 2.75) is 32.6 Å². The van der Waals surface area contributed by atoms with Gasteiger partial charge in [0, 0.05) is 12.6 Å². The highest BCUT2D eigenvalue weighted by atomic mass is 15.0. The van der Waals surface area contributed by atoms with Crippen molar-refractivity contribution in [2.75, 3.05) is 0 Å². The molecule has 0 heterocycles. The van der Waals surface area contributed by atoms with Crippen LogP contribution in [0.5, 0.6) is 0 Å². The van der Waals surface area contributed by atoms with Gasteiger partial charge in [-0.2, -0.15) is 0 Å². The predicted octanol–water partition coefficient (Wildman–Crippen LogP) is 5.32. The van der Waals surface area contributed by atoms with Crippen molar-refractivity contribution in [2.24, 2.45) is 15.7 Å². The lowest BCUT2D eigenvalue weighted by Gasteiger charge is -2.08. The van der Waals surface area contributed by atoms with E-state index >= 15 is 0 Å². The Kier molecular flexibility index (Phi) is 6.96. The standard InChI is InChI=1S/C21H25N3/c1-3-17(2)19-12-14-20(15-13-19)24-21(22)23-16-8-7-11-18-9-5-4-6-10-18/h4-7,9-17H,3,8H2,1-2H3,(H2,22,24). The molecule has 0 fully saturated rings. The van der Waals surface area contributed by atoms with Gasteiger partial charge in [-0.15, -0.1) is 0 Å². The average molecular weight is 319 g/mol. The number of nitrogens with zero attached hydrogens (tertiary/aromatic N) is 2. The Morgan fingerprint density at radius 1 is 1.08 bits per heavy atom. The third-order valence-corrected chi connectivity index (χ3v) is 3.89. The smallest absolute Gasteiger partial charge is 0.220 e. The van der Waals surface area contributed by atoms with E-state index in [9.17, 15) is 0 Å². The summed E-state index contributed by atoms with van der Waals surface area (Å²) in [5.41, 5.74) is 9.18. The fourth-order valence-corrected chi connectivity index (χ4v) is 2.25. The van der Waals surface area contributed by atoms with E-state index in [1.165, 1.54) is 11.1 Å². The second-order valence-corrected chi connectivity index (χ2v) is 5.73. The minimum atomic E-state index is 0.277. The number of guanidine groups is 1. The van der Waals surface area contributed by atoms with E-state index in [4.69, 9.17) is 5.73 Å². The zero-order valence-electron chi connectivity index (χ0n) is 14.4. The molecule has 2 N–H and O–H groups in total. The van der Waals surface area contributed by atoms with Gasteiger partial charge in [0.15, 0.2) is 0 Å². The molecule has 24 heavy (non-hydrogen) atoms. The molecule has 0 spiro atoms. The van der Waals surface area contributed by atoms with E-state index in [0.717, 1.165) is 18.5 Å². The van der Waals surface area contributed by atoms with Crippen LogP contribution in [0.4, 0.5) is 5.69 Å². The Balaban J connectivity index is 1.88. The fourth-order valence-electron chi connectivity index (χ4n) is 2.25. The molecule has 0 aliphatic rings. The highest BCUT2D eigenvalue weighted by molar-refractivity contribution is 5.88. The van der Waals surface area contributed by atoms with Gasteiger partial charge in [0.1, 0.15) is 0 Å². The summed E-state index contributed by atoms with van der Waals surface area (Å²) in [7, 11) is 0. The van der Waals surface area contributed by atoms with E-state index in [-0.39, 0.29) is 5.96 Å². The van der Waals surface area contributed by atoms with Gasteiger partial charge in [-0.25, -0.2) is 9.98 Å². The maximum Gasteiger partial charge on any atom is 0.220 e. The summed E-state index contributed by atoms with van der Waals surface area (Å²) in [5.74, 6) is 0.842. The van der Waals surface area contributed by atoms with Gasteiger partial charge in [-0.05, 0) is 35.6 Å². The van der Waals surface area contributed by atoms with Crippen molar-refractivity contribution in [3.05, 3.63) is 71.8 Å². The summed E-state index contributed by atoms with van der Waals surface area (Å²) in [5, 5.41) is 0. The van der Waals surface area contributed by atoms with Gasteiger partial charge >= 0.3 is 0 Å². The summed E-state index contributed by atoms with van der Waals surface area (Å²) >= 11 is 0. The van der Waals surface area contributed by atoms with Crippen LogP contribution < -0.4 is 5.73 Å². The van der Waals surface area contributed by atoms with Crippen LogP contribution in [0.2, 0.25) is 0 Å². The first kappa shape index (κ1) is 17.7. The fraction of sp³-hybridized carbons (Fsp3) is 0.238. The number of allylic oxidation sites excluding steroid dienone is 1. The van der Waals surface area contributed by atoms with Crippen molar-refractivity contribution in [1.82, 2.24) is 0 Å². The number of nitrogens with two attached hydrogens (primary N) is 1. The van der Waals surface area contributed by atoms with Gasteiger partial charge in [-0.3, -0.25) is 0 Å². The molecule has 0 amide bonds. The summed E-state index contributed by atoms with van der Waals surface area (Å²) in [4.78, 5) is 8.49. The van der Waals surface area contributed by atoms with Crippen LogP contribution in [0.1, 0.15) is 43.7 Å². The lowest BCUT2D eigenvalue weighted by atomic mass is 9.99. The van der Waals surface area contributed by atoms with E-state index in [0.29, 0.717) is 5.92 Å². The summed E-state index contributed by atoms with van der Waals surface area (Å²) in [6, 6.07) is 18.3. The predicted molar refractivity (Wildman–Crippen MR) is 105 cm³/mol. The molecule has 2 aromatic carbocycles. The van der Waals surface area contributed by atoms with Crippen molar-refractivity contribution in [3.8, 4) is 0 Å². The number of hydrogen-bond acceptors (Lipinski definition) is 1. The minimum Gasteiger partial charge on any atom is -0.368 e. The summed E-state index contributed by atoms with van der Waals surface area (Å²) in [6.07, 6.45) is 7.73. The van der Waals surface area contributed by atoms with Gasteiger partial charge in [0.05, 0.1) is 5.69 Å². The molecule has 1 unspecified atom stereocenters. The van der Waals surface area contributed by atoms with Crippen LogP contribution in [0.3, 0.4) is 0 Å². The Hall–Kier alpha value is -2.68. The molecule has 0 aliphatic carbocycles. The molecule has 3 heteroatoms. The minimum absolute atomic E-state index is 0.277. The zero-order valence-corrected chi connectivity index (χ0v) is 14.4. The normalized spacial score (nSPS) is 13.7. The molecule has 0 bridgehead atoms. The van der Waals surface area contributed by atoms with E-state index in [1.54, 1.807) is 6.21 Å². The van der Waals surface area contributed by atoms with Crippen LogP contribution >= 0.6 is 0 Å². The SMILES string of the molecule is CCC(C)c1ccc(N=C(N)N=CCC=Cc2ccccc2)cc1. The third-order valence-electron chi connectivity index (χ3n) is 3.89. The largest absolute Gasteiger partial charge is 0.368 e. The Morgan fingerprint density at radius 3 is 2.46 bits per heavy atom. The van der Waals surface area contributed by atoms with Crippen LogP contribution in [0, 0.1) is 0 Å². The monoisotopic (exact) mass is 319 g/mol. The molecule has 0 saturated heterocycles. The second-order valence-electron chi connectivity index (χ2n) is 5.73. The van der Waals surface area contributed by atoms with E-state index < -0.39 is 0 Å². The van der Waals surface area contributed by atoms with Crippen molar-refractivity contribution >= 4 is 23.9 Å². The zero-order chi connectivity index (χ0) is 17.2. The number of hydrogen-bond donors (Lipinski definition) is 1. The van der Waals surface area contributed by atoms with Crippen molar-refractivity contribution in [1.29, 1.82) is 0 Å². The Morgan fingerprint density at radius 2 is 1.79 bits per heavy atom. The van der Waals surface area contributed by atoms with Crippen LogP contribution in [-0.4, -0.2) is 12.2 Å². The molecule has 0 aromatic heterocycles. The Labute approximate surface area is 144 Å². The topological polar surface area (TPSA) is 50.7 Å². The van der Waals surface area contributed by atoms with Gasteiger partial charge in [0.25, 0.3) is 0 Å². The summed E-state index contributed by atoms with van der Waals surface area (Å²) in [6.45, 7) is 4.41. The molecular formula is C21H25N3. The molecular weight excluding hydrogens is 294 g/mol. The van der Waals surface area contributed by atoms with E-state index in [2.05, 4.69) is 54.2 Å². The third kappa shape index (κ3) is 5.84. The molecule has 124 valence electrons. The molecule has 0 saturated carbocycles. The van der Waals surface area contributed by atoms with Crippen LogP contribution in [0.15, 0.2) is 70.7 Å². The molecule has 0 radical (unpaired) electrons. The molecule has 1 atom stereocenters. The number of aliphatic imine (C=N–C) groups is 2. The lowest BCUT2D eigenvalue weighted by molar-refractivity contribution is 0.734. The Bertz CT molecular complexity index is 698. The molecule has 2 rings (SSSR count). The quantitative estimate of drug-likeness (QED) is 0.568. The van der Waals surface area contributed by atoms with Gasteiger partial charge in [-0.1, -0.05) is 68.5 Å². The molecule has 3 nitrogen and oxygen atoms in total. The molecule has 2 aromatic rings. The van der Waals surface area contributed by atoms with Crippen LogP contribution in [-0.2, 0) is 0 Å². The average Bonchev–Trinajstić information content (AvgIpc) is 2.62. The highest BCUT2D eigenvalue weighted by Gasteiger charge is 2.01. The van der Waals surface area contributed by atoms with Crippen molar-refractivity contribution in [3.63, 3.8) is 0 Å². The second kappa shape index (κ2) is 9.46. The van der Waals surface area contributed by atoms with Crippen LogP contribution in [0.25, 0.3) is 6.08 Å². The van der Waals surface area contributed by atoms with Gasteiger partial charge < -0.3 is 5.73 Å². The highest BCUT2D eigenvalue weighted by Crippen LogP contribution is 2.21. The van der Waals surface area contributed by atoms with E-state index in [1.807, 2.05) is 36.4 Å². The molecule has 0 aliphatic heterocycles. The number of rotatable bonds is 6. The van der Waals surface area contributed by atoms with Crippen molar-refractivity contribution < 1.29 is 0 Å². The first-order chi connectivity index (χ1) is 11.7. The number of benzene rings is 2.